The molecule has 0 bridgehead atoms. The Kier molecular flexibility index (Phi) is 4.14. The summed E-state index contributed by atoms with van der Waals surface area (Å²) in [7, 11) is 0. The van der Waals surface area contributed by atoms with Crippen LogP contribution in [0.15, 0.2) is 24.3 Å². The quantitative estimate of drug-likeness (QED) is 0.859. The standard InChI is InChI=1S/C12H17ClO2/c1-9(2)15-8-12(3,14)10-4-6-11(13)7-5-10/h4-7,9,14H,8H2,1-3H3. The first kappa shape index (κ1) is 12.5. The van der Waals surface area contributed by atoms with Crippen LogP contribution in [-0.4, -0.2) is 17.8 Å². The number of hydrogen-bond acceptors (Lipinski definition) is 2. The van der Waals surface area contributed by atoms with Gasteiger partial charge in [-0.15, -0.1) is 0 Å². The van der Waals surface area contributed by atoms with E-state index in [9.17, 15) is 5.11 Å². The smallest absolute Gasteiger partial charge is 0.110 e. The highest BCUT2D eigenvalue weighted by atomic mass is 35.5. The van der Waals surface area contributed by atoms with Crippen LogP contribution in [0.1, 0.15) is 26.3 Å². The van der Waals surface area contributed by atoms with E-state index in [1.54, 1.807) is 19.1 Å². The van der Waals surface area contributed by atoms with Crippen LogP contribution in [-0.2, 0) is 10.3 Å². The van der Waals surface area contributed by atoms with E-state index in [4.69, 9.17) is 16.3 Å². The second kappa shape index (κ2) is 4.97. The van der Waals surface area contributed by atoms with Gasteiger partial charge in [-0.3, -0.25) is 0 Å². The molecule has 1 N–H and O–H groups in total. The predicted octanol–water partition coefficient (Wildman–Crippen LogP) is 2.97. The molecule has 0 radical (unpaired) electrons. The van der Waals surface area contributed by atoms with E-state index in [0.29, 0.717) is 5.02 Å². The Balaban J connectivity index is 2.72. The fourth-order valence-electron chi connectivity index (χ4n) is 1.22. The molecule has 1 aromatic rings. The van der Waals surface area contributed by atoms with E-state index in [-0.39, 0.29) is 12.7 Å². The Morgan fingerprint density at radius 2 is 1.87 bits per heavy atom. The summed E-state index contributed by atoms with van der Waals surface area (Å²) >= 11 is 5.78. The van der Waals surface area contributed by atoms with Gasteiger partial charge in [-0.25, -0.2) is 0 Å². The van der Waals surface area contributed by atoms with Crippen LogP contribution < -0.4 is 0 Å². The molecule has 0 heterocycles. The van der Waals surface area contributed by atoms with Gasteiger partial charge in [0.1, 0.15) is 5.60 Å². The Bertz CT molecular complexity index is 304. The summed E-state index contributed by atoms with van der Waals surface area (Å²) in [4.78, 5) is 0. The van der Waals surface area contributed by atoms with Gasteiger partial charge in [0.15, 0.2) is 0 Å². The third-order valence-electron chi connectivity index (χ3n) is 2.16. The van der Waals surface area contributed by atoms with Gasteiger partial charge < -0.3 is 9.84 Å². The molecule has 0 aliphatic carbocycles. The molecule has 0 aromatic heterocycles. The molecule has 0 fully saturated rings. The molecular weight excluding hydrogens is 212 g/mol. The minimum Gasteiger partial charge on any atom is -0.383 e. The molecule has 1 aromatic carbocycles. The fraction of sp³-hybridized carbons (Fsp3) is 0.500. The maximum Gasteiger partial charge on any atom is 0.110 e. The van der Waals surface area contributed by atoms with E-state index in [1.807, 2.05) is 26.0 Å². The highest BCUT2D eigenvalue weighted by Crippen LogP contribution is 2.23. The summed E-state index contributed by atoms with van der Waals surface area (Å²) in [6.45, 7) is 5.90. The Labute approximate surface area is 95.8 Å². The largest absolute Gasteiger partial charge is 0.383 e. The average Bonchev–Trinajstić information content (AvgIpc) is 2.16. The summed E-state index contributed by atoms with van der Waals surface area (Å²) in [6.07, 6.45) is 0.115. The van der Waals surface area contributed by atoms with Crippen LogP contribution in [0.25, 0.3) is 0 Å². The molecule has 1 atom stereocenters. The summed E-state index contributed by atoms with van der Waals surface area (Å²) in [5.74, 6) is 0. The molecule has 0 saturated carbocycles. The Morgan fingerprint density at radius 3 is 2.33 bits per heavy atom. The van der Waals surface area contributed by atoms with E-state index in [0.717, 1.165) is 5.56 Å². The Morgan fingerprint density at radius 1 is 1.33 bits per heavy atom. The highest BCUT2D eigenvalue weighted by molar-refractivity contribution is 6.30. The number of halogens is 1. The van der Waals surface area contributed by atoms with Crippen molar-refractivity contribution >= 4 is 11.6 Å². The molecule has 3 heteroatoms. The molecule has 0 spiro atoms. The normalized spacial score (nSPS) is 15.3. The number of aliphatic hydroxyl groups is 1. The maximum absolute atomic E-state index is 10.2. The van der Waals surface area contributed by atoms with Gasteiger partial charge in [-0.05, 0) is 38.5 Å². The zero-order valence-corrected chi connectivity index (χ0v) is 10.1. The van der Waals surface area contributed by atoms with Crippen molar-refractivity contribution in [3.05, 3.63) is 34.9 Å². The number of hydrogen-bond donors (Lipinski definition) is 1. The van der Waals surface area contributed by atoms with Crippen LogP contribution >= 0.6 is 11.6 Å². The van der Waals surface area contributed by atoms with Crippen molar-refractivity contribution in [2.75, 3.05) is 6.61 Å². The first-order valence-corrected chi connectivity index (χ1v) is 5.39. The van der Waals surface area contributed by atoms with Crippen LogP contribution in [0.4, 0.5) is 0 Å². The van der Waals surface area contributed by atoms with Crippen molar-refractivity contribution in [1.29, 1.82) is 0 Å². The summed E-state index contributed by atoms with van der Waals surface area (Å²) in [6, 6.07) is 7.15. The molecular formula is C12H17ClO2. The third kappa shape index (κ3) is 3.82. The lowest BCUT2D eigenvalue weighted by molar-refractivity contribution is -0.0574. The molecule has 1 rings (SSSR count). The number of ether oxygens (including phenoxy) is 1. The number of benzene rings is 1. The lowest BCUT2D eigenvalue weighted by atomic mass is 9.97. The lowest BCUT2D eigenvalue weighted by Crippen LogP contribution is -2.29. The van der Waals surface area contributed by atoms with Gasteiger partial charge in [-0.2, -0.15) is 0 Å². The molecule has 15 heavy (non-hydrogen) atoms. The van der Waals surface area contributed by atoms with Gasteiger partial charge in [-0.1, -0.05) is 23.7 Å². The average molecular weight is 229 g/mol. The monoisotopic (exact) mass is 228 g/mol. The van der Waals surface area contributed by atoms with Crippen molar-refractivity contribution in [3.8, 4) is 0 Å². The SMILES string of the molecule is CC(C)OCC(C)(O)c1ccc(Cl)cc1. The molecule has 1 unspecified atom stereocenters. The first-order valence-electron chi connectivity index (χ1n) is 5.02. The minimum absolute atomic E-state index is 0.115. The molecule has 0 aliphatic heterocycles. The van der Waals surface area contributed by atoms with Crippen LogP contribution in [0.2, 0.25) is 5.02 Å². The molecule has 84 valence electrons. The zero-order chi connectivity index (χ0) is 11.5. The van der Waals surface area contributed by atoms with E-state index in [2.05, 4.69) is 0 Å². The van der Waals surface area contributed by atoms with E-state index >= 15 is 0 Å². The van der Waals surface area contributed by atoms with Gasteiger partial charge in [0, 0.05) is 5.02 Å². The topological polar surface area (TPSA) is 29.5 Å². The third-order valence-corrected chi connectivity index (χ3v) is 2.42. The van der Waals surface area contributed by atoms with Crippen LogP contribution in [0, 0.1) is 0 Å². The molecule has 0 amide bonds. The molecule has 0 aliphatic rings. The van der Waals surface area contributed by atoms with Gasteiger partial charge in [0.2, 0.25) is 0 Å². The second-order valence-electron chi connectivity index (χ2n) is 4.14. The van der Waals surface area contributed by atoms with E-state index < -0.39 is 5.60 Å². The lowest BCUT2D eigenvalue weighted by Gasteiger charge is -2.24. The second-order valence-corrected chi connectivity index (χ2v) is 4.58. The Hall–Kier alpha value is -0.570. The zero-order valence-electron chi connectivity index (χ0n) is 9.33. The van der Waals surface area contributed by atoms with Crippen molar-refractivity contribution < 1.29 is 9.84 Å². The highest BCUT2D eigenvalue weighted by Gasteiger charge is 2.23. The van der Waals surface area contributed by atoms with Crippen molar-refractivity contribution in [2.24, 2.45) is 0 Å². The maximum atomic E-state index is 10.2. The van der Waals surface area contributed by atoms with Crippen molar-refractivity contribution in [3.63, 3.8) is 0 Å². The van der Waals surface area contributed by atoms with Crippen LogP contribution in [0.5, 0.6) is 0 Å². The summed E-state index contributed by atoms with van der Waals surface area (Å²) < 4.78 is 5.41. The van der Waals surface area contributed by atoms with Crippen molar-refractivity contribution in [1.82, 2.24) is 0 Å². The van der Waals surface area contributed by atoms with Crippen LogP contribution in [0.3, 0.4) is 0 Å². The number of rotatable bonds is 4. The van der Waals surface area contributed by atoms with Crippen molar-refractivity contribution in [2.45, 2.75) is 32.5 Å². The van der Waals surface area contributed by atoms with Gasteiger partial charge in [0.05, 0.1) is 12.7 Å². The predicted molar refractivity (Wildman–Crippen MR) is 62.1 cm³/mol. The van der Waals surface area contributed by atoms with Gasteiger partial charge in [0.25, 0.3) is 0 Å². The fourth-order valence-corrected chi connectivity index (χ4v) is 1.35. The summed E-state index contributed by atoms with van der Waals surface area (Å²) in [5.41, 5.74) is -0.151. The van der Waals surface area contributed by atoms with E-state index in [1.165, 1.54) is 0 Å². The first-order chi connectivity index (χ1) is 6.92. The van der Waals surface area contributed by atoms with Gasteiger partial charge >= 0.3 is 0 Å². The molecule has 0 saturated heterocycles. The summed E-state index contributed by atoms with van der Waals surface area (Å²) in [5, 5.41) is 10.8. The molecule has 2 nitrogen and oxygen atoms in total. The minimum atomic E-state index is -0.963.